The van der Waals surface area contributed by atoms with Crippen LogP contribution in [-0.2, 0) is 4.79 Å². The van der Waals surface area contributed by atoms with Crippen molar-refractivity contribution in [2.24, 2.45) is 5.10 Å². The first-order chi connectivity index (χ1) is 7.88. The fourth-order valence-corrected chi connectivity index (χ4v) is 1.22. The van der Waals surface area contributed by atoms with Gasteiger partial charge in [0, 0.05) is 5.56 Å². The first-order valence-electron chi connectivity index (χ1n) is 5.25. The van der Waals surface area contributed by atoms with Crippen molar-refractivity contribution in [2.45, 2.75) is 0 Å². The van der Waals surface area contributed by atoms with Crippen molar-refractivity contribution >= 4 is 12.1 Å². The van der Waals surface area contributed by atoms with Gasteiger partial charge in [0.2, 0.25) is 0 Å². The second kappa shape index (κ2) is 5.54. The molecule has 0 aliphatic heterocycles. The van der Waals surface area contributed by atoms with Gasteiger partial charge in [-0.2, -0.15) is 5.10 Å². The molecular formula is C12H17FN3O+. The number of carbonyl (C=O) groups is 1. The van der Waals surface area contributed by atoms with Crippen LogP contribution >= 0.6 is 0 Å². The molecule has 1 aromatic rings. The molecule has 0 aliphatic rings. The second-order valence-electron chi connectivity index (χ2n) is 4.76. The number of rotatable bonds is 4. The third kappa shape index (κ3) is 5.21. The monoisotopic (exact) mass is 238 g/mol. The van der Waals surface area contributed by atoms with Crippen LogP contribution in [-0.4, -0.2) is 44.3 Å². The van der Waals surface area contributed by atoms with Crippen LogP contribution in [0.4, 0.5) is 4.39 Å². The molecule has 0 heterocycles. The molecule has 1 N–H and O–H groups in total. The highest BCUT2D eigenvalue weighted by molar-refractivity contribution is 5.82. The minimum absolute atomic E-state index is 0.204. The maximum atomic E-state index is 13.2. The molecule has 0 saturated heterocycles. The summed E-state index contributed by atoms with van der Waals surface area (Å²) in [6, 6.07) is 6.24. The fraction of sp³-hybridized carbons (Fsp3) is 0.333. The van der Waals surface area contributed by atoms with Crippen molar-refractivity contribution in [3.8, 4) is 0 Å². The molecule has 0 fully saturated rings. The zero-order valence-electron chi connectivity index (χ0n) is 10.3. The van der Waals surface area contributed by atoms with Gasteiger partial charge in [-0.1, -0.05) is 18.2 Å². The Bertz CT molecular complexity index is 424. The van der Waals surface area contributed by atoms with Crippen LogP contribution in [0, 0.1) is 5.82 Å². The number of nitrogens with zero attached hydrogens (tertiary/aromatic N) is 2. The SMILES string of the molecule is C[N+](C)(C)CC(=O)N/N=C/c1ccccc1F. The summed E-state index contributed by atoms with van der Waals surface area (Å²) in [5.74, 6) is -0.567. The number of likely N-dealkylation sites (N-methyl/N-ethyl adjacent to an activating group) is 1. The Morgan fingerprint density at radius 1 is 1.41 bits per heavy atom. The largest absolute Gasteiger partial charge is 0.323 e. The van der Waals surface area contributed by atoms with E-state index in [1.54, 1.807) is 18.2 Å². The Labute approximate surface area is 100 Å². The van der Waals surface area contributed by atoms with Crippen LogP contribution in [0.25, 0.3) is 0 Å². The number of hydrogen-bond acceptors (Lipinski definition) is 2. The summed E-state index contributed by atoms with van der Waals surface area (Å²) in [5.41, 5.74) is 2.71. The molecule has 0 radical (unpaired) electrons. The fourth-order valence-electron chi connectivity index (χ4n) is 1.22. The molecular weight excluding hydrogens is 221 g/mol. The molecule has 0 unspecified atom stereocenters. The highest BCUT2D eigenvalue weighted by Crippen LogP contribution is 2.02. The molecule has 17 heavy (non-hydrogen) atoms. The van der Waals surface area contributed by atoms with Crippen LogP contribution in [0.2, 0.25) is 0 Å². The number of hydrazone groups is 1. The first-order valence-corrected chi connectivity index (χ1v) is 5.25. The number of hydrogen-bond donors (Lipinski definition) is 1. The summed E-state index contributed by atoms with van der Waals surface area (Å²) < 4.78 is 13.7. The van der Waals surface area contributed by atoms with Crippen LogP contribution in [0.3, 0.4) is 0 Å². The van der Waals surface area contributed by atoms with Crippen molar-refractivity contribution in [3.63, 3.8) is 0 Å². The summed E-state index contributed by atoms with van der Waals surface area (Å²) in [7, 11) is 5.71. The van der Waals surface area contributed by atoms with Gasteiger partial charge in [-0.15, -0.1) is 0 Å². The van der Waals surface area contributed by atoms with Gasteiger partial charge in [0.15, 0.2) is 6.54 Å². The van der Waals surface area contributed by atoms with Crippen LogP contribution < -0.4 is 5.43 Å². The molecule has 1 amide bonds. The Kier molecular flexibility index (Phi) is 4.34. The number of nitrogens with one attached hydrogen (secondary N) is 1. The Balaban J connectivity index is 2.51. The van der Waals surface area contributed by atoms with E-state index < -0.39 is 0 Å². The molecule has 0 aliphatic carbocycles. The number of benzene rings is 1. The van der Waals surface area contributed by atoms with Crippen molar-refractivity contribution < 1.29 is 13.7 Å². The number of amides is 1. The molecule has 0 bridgehead atoms. The summed E-state index contributed by atoms with van der Waals surface area (Å²) in [6.07, 6.45) is 1.29. The summed E-state index contributed by atoms with van der Waals surface area (Å²) in [4.78, 5) is 11.4. The Hall–Kier alpha value is -1.75. The van der Waals surface area contributed by atoms with Crippen LogP contribution in [0.15, 0.2) is 29.4 Å². The molecule has 0 atom stereocenters. The van der Waals surface area contributed by atoms with E-state index in [1.165, 1.54) is 12.3 Å². The van der Waals surface area contributed by atoms with Crippen molar-refractivity contribution in [2.75, 3.05) is 27.7 Å². The van der Waals surface area contributed by atoms with Crippen molar-refractivity contribution in [1.82, 2.24) is 5.43 Å². The summed E-state index contributed by atoms with van der Waals surface area (Å²) in [6.45, 7) is 0.314. The topological polar surface area (TPSA) is 41.5 Å². The van der Waals surface area contributed by atoms with Gasteiger partial charge < -0.3 is 4.48 Å². The van der Waals surface area contributed by atoms with E-state index in [4.69, 9.17) is 0 Å². The third-order valence-corrected chi connectivity index (χ3v) is 1.92. The number of quaternary nitrogens is 1. The lowest BCUT2D eigenvalue weighted by Crippen LogP contribution is -2.43. The molecule has 1 aromatic carbocycles. The average molecular weight is 238 g/mol. The average Bonchev–Trinajstić information content (AvgIpc) is 2.18. The third-order valence-electron chi connectivity index (χ3n) is 1.92. The molecule has 4 nitrogen and oxygen atoms in total. The smallest absolute Gasteiger partial charge is 0.295 e. The molecule has 1 rings (SSSR count). The Morgan fingerprint density at radius 3 is 2.65 bits per heavy atom. The zero-order chi connectivity index (χ0) is 12.9. The summed E-state index contributed by atoms with van der Waals surface area (Å²) >= 11 is 0. The van der Waals surface area contributed by atoms with Gasteiger partial charge in [0.05, 0.1) is 27.4 Å². The van der Waals surface area contributed by atoms with Crippen molar-refractivity contribution in [1.29, 1.82) is 0 Å². The van der Waals surface area contributed by atoms with E-state index >= 15 is 0 Å². The minimum Gasteiger partial charge on any atom is -0.323 e. The molecule has 0 saturated carbocycles. The maximum absolute atomic E-state index is 13.2. The first kappa shape index (κ1) is 13.3. The quantitative estimate of drug-likeness (QED) is 0.474. The lowest BCUT2D eigenvalue weighted by molar-refractivity contribution is -0.862. The van der Waals surface area contributed by atoms with E-state index in [1.807, 2.05) is 21.1 Å². The zero-order valence-corrected chi connectivity index (χ0v) is 10.3. The highest BCUT2D eigenvalue weighted by Gasteiger charge is 2.12. The lowest BCUT2D eigenvalue weighted by Gasteiger charge is -2.21. The van der Waals surface area contributed by atoms with Gasteiger partial charge >= 0.3 is 0 Å². The van der Waals surface area contributed by atoms with Gasteiger partial charge in [0.1, 0.15) is 5.82 Å². The van der Waals surface area contributed by atoms with Crippen molar-refractivity contribution in [3.05, 3.63) is 35.6 Å². The number of halogens is 1. The van der Waals surface area contributed by atoms with Gasteiger partial charge in [-0.25, -0.2) is 9.82 Å². The summed E-state index contributed by atoms with van der Waals surface area (Å²) in [5, 5.41) is 3.71. The highest BCUT2D eigenvalue weighted by atomic mass is 19.1. The predicted molar refractivity (Wildman–Crippen MR) is 65.0 cm³/mol. The molecule has 0 aromatic heterocycles. The normalized spacial score (nSPS) is 11.8. The van der Waals surface area contributed by atoms with E-state index in [0.717, 1.165) is 0 Å². The Morgan fingerprint density at radius 2 is 2.06 bits per heavy atom. The number of carbonyl (C=O) groups excluding carboxylic acids is 1. The second-order valence-corrected chi connectivity index (χ2v) is 4.76. The lowest BCUT2D eigenvalue weighted by atomic mass is 10.2. The van der Waals surface area contributed by atoms with Crippen LogP contribution in [0.5, 0.6) is 0 Å². The molecule has 0 spiro atoms. The minimum atomic E-state index is -0.364. The van der Waals surface area contributed by atoms with E-state index in [9.17, 15) is 9.18 Å². The molecule has 5 heteroatoms. The van der Waals surface area contributed by atoms with Gasteiger partial charge in [0.25, 0.3) is 5.91 Å². The van der Waals surface area contributed by atoms with Gasteiger partial charge in [-0.3, -0.25) is 4.79 Å². The van der Waals surface area contributed by atoms with Crippen LogP contribution in [0.1, 0.15) is 5.56 Å². The van der Waals surface area contributed by atoms with E-state index in [2.05, 4.69) is 10.5 Å². The maximum Gasteiger partial charge on any atom is 0.295 e. The van der Waals surface area contributed by atoms with E-state index in [0.29, 0.717) is 16.6 Å². The van der Waals surface area contributed by atoms with E-state index in [-0.39, 0.29) is 11.7 Å². The predicted octanol–water partition coefficient (Wildman–Crippen LogP) is 0.982. The molecule has 92 valence electrons. The van der Waals surface area contributed by atoms with Gasteiger partial charge in [-0.05, 0) is 6.07 Å². The standard InChI is InChI=1S/C12H16FN3O/c1-16(2,3)9-12(17)15-14-8-10-6-4-5-7-11(10)13/h4-8H,9H2,1-3H3/p+1/b14-8+.